The van der Waals surface area contributed by atoms with Crippen LogP contribution in [0.5, 0.6) is 0 Å². The van der Waals surface area contributed by atoms with Crippen molar-refractivity contribution in [3.8, 4) is 6.07 Å². The molecule has 0 saturated heterocycles. The standard InChI is InChI=1S/C16H16N4OS/c1-20-14-5-3-4-12(7-17)15(14)19-16(20)18-8-13-6-11(9-21-2)10-22-13/h3-6,10H,8-9H2,1-2H3,(H,18,19). The number of fused-ring (bicyclic) bond motifs is 1. The number of imidazole rings is 1. The average Bonchev–Trinajstić information content (AvgIpc) is 3.10. The van der Waals surface area contributed by atoms with Crippen LogP contribution in [0.25, 0.3) is 11.0 Å². The number of thiophene rings is 1. The van der Waals surface area contributed by atoms with E-state index in [9.17, 15) is 0 Å². The zero-order valence-electron chi connectivity index (χ0n) is 12.5. The molecule has 0 amide bonds. The summed E-state index contributed by atoms with van der Waals surface area (Å²) >= 11 is 1.70. The summed E-state index contributed by atoms with van der Waals surface area (Å²) < 4.78 is 7.10. The van der Waals surface area contributed by atoms with Crippen molar-refractivity contribution in [3.63, 3.8) is 0 Å². The molecule has 0 atom stereocenters. The fourth-order valence-electron chi connectivity index (χ4n) is 2.39. The number of anilines is 1. The zero-order chi connectivity index (χ0) is 15.5. The fraction of sp³-hybridized carbons (Fsp3) is 0.250. The smallest absolute Gasteiger partial charge is 0.203 e. The fourth-order valence-corrected chi connectivity index (χ4v) is 3.20. The molecule has 3 aromatic rings. The molecular formula is C16H16N4OS. The van der Waals surface area contributed by atoms with Crippen LogP contribution in [-0.2, 0) is 24.9 Å². The van der Waals surface area contributed by atoms with E-state index in [-0.39, 0.29) is 0 Å². The molecule has 2 heterocycles. The second kappa shape index (κ2) is 6.18. The Balaban J connectivity index is 1.82. The van der Waals surface area contributed by atoms with Gasteiger partial charge in [0.15, 0.2) is 0 Å². The van der Waals surface area contributed by atoms with Gasteiger partial charge in [-0.3, -0.25) is 0 Å². The molecule has 6 heteroatoms. The van der Waals surface area contributed by atoms with Crippen molar-refractivity contribution in [2.75, 3.05) is 12.4 Å². The molecule has 0 aliphatic carbocycles. The maximum Gasteiger partial charge on any atom is 0.203 e. The van der Waals surface area contributed by atoms with Crippen LogP contribution in [0.2, 0.25) is 0 Å². The average molecular weight is 312 g/mol. The first kappa shape index (κ1) is 14.6. The number of benzene rings is 1. The minimum Gasteiger partial charge on any atom is -0.380 e. The number of aryl methyl sites for hydroxylation is 1. The Morgan fingerprint density at radius 3 is 3.09 bits per heavy atom. The van der Waals surface area contributed by atoms with Crippen LogP contribution < -0.4 is 5.32 Å². The van der Waals surface area contributed by atoms with Crippen LogP contribution in [0.15, 0.2) is 29.6 Å². The van der Waals surface area contributed by atoms with E-state index in [0.29, 0.717) is 18.7 Å². The molecule has 0 radical (unpaired) electrons. The Bertz CT molecular complexity index is 844. The molecule has 0 saturated carbocycles. The Hall–Kier alpha value is -2.36. The molecule has 2 aromatic heterocycles. The zero-order valence-corrected chi connectivity index (χ0v) is 13.3. The number of hydrogen-bond donors (Lipinski definition) is 1. The third-order valence-corrected chi connectivity index (χ3v) is 4.46. The first-order valence-corrected chi connectivity index (χ1v) is 7.75. The number of rotatable bonds is 5. The second-order valence-corrected chi connectivity index (χ2v) is 5.98. The molecule has 22 heavy (non-hydrogen) atoms. The molecule has 0 fully saturated rings. The molecular weight excluding hydrogens is 296 g/mol. The lowest BCUT2D eigenvalue weighted by molar-refractivity contribution is 0.185. The van der Waals surface area contributed by atoms with Crippen molar-refractivity contribution in [2.45, 2.75) is 13.2 Å². The van der Waals surface area contributed by atoms with Gasteiger partial charge in [-0.1, -0.05) is 6.07 Å². The van der Waals surface area contributed by atoms with Gasteiger partial charge in [0.2, 0.25) is 5.95 Å². The minimum absolute atomic E-state index is 0.597. The molecule has 0 bridgehead atoms. The number of nitrogens with zero attached hydrogens (tertiary/aromatic N) is 3. The number of para-hydroxylation sites is 1. The van der Waals surface area contributed by atoms with Crippen LogP contribution in [-0.4, -0.2) is 16.7 Å². The normalized spacial score (nSPS) is 10.8. The predicted octanol–water partition coefficient (Wildman–Crippen LogP) is 3.26. The lowest BCUT2D eigenvalue weighted by atomic mass is 10.2. The molecule has 1 aromatic carbocycles. The topological polar surface area (TPSA) is 62.9 Å². The summed E-state index contributed by atoms with van der Waals surface area (Å²) in [7, 11) is 3.64. The molecule has 0 aliphatic rings. The van der Waals surface area contributed by atoms with Crippen molar-refractivity contribution < 1.29 is 4.74 Å². The van der Waals surface area contributed by atoms with E-state index in [1.807, 2.05) is 23.7 Å². The highest BCUT2D eigenvalue weighted by molar-refractivity contribution is 7.10. The Morgan fingerprint density at radius 2 is 2.32 bits per heavy atom. The highest BCUT2D eigenvalue weighted by atomic mass is 32.1. The van der Waals surface area contributed by atoms with E-state index in [1.165, 1.54) is 10.4 Å². The second-order valence-electron chi connectivity index (χ2n) is 4.99. The maximum absolute atomic E-state index is 9.17. The Kier molecular flexibility index (Phi) is 4.09. The Morgan fingerprint density at radius 1 is 1.45 bits per heavy atom. The molecule has 1 N–H and O–H groups in total. The van der Waals surface area contributed by atoms with Crippen molar-refractivity contribution in [2.24, 2.45) is 7.05 Å². The van der Waals surface area contributed by atoms with Crippen LogP contribution in [0, 0.1) is 11.3 Å². The first-order valence-electron chi connectivity index (χ1n) is 6.87. The summed E-state index contributed by atoms with van der Waals surface area (Å²) in [6.45, 7) is 1.34. The number of nitriles is 1. The number of methoxy groups -OCH3 is 1. The van der Waals surface area contributed by atoms with Gasteiger partial charge in [0.05, 0.1) is 24.2 Å². The monoisotopic (exact) mass is 312 g/mol. The van der Waals surface area contributed by atoms with Gasteiger partial charge in [-0.25, -0.2) is 4.98 Å². The van der Waals surface area contributed by atoms with E-state index in [2.05, 4.69) is 27.8 Å². The third-order valence-electron chi connectivity index (χ3n) is 3.47. The summed E-state index contributed by atoms with van der Waals surface area (Å²) in [6, 6.07) is 9.95. The van der Waals surface area contributed by atoms with Gasteiger partial charge >= 0.3 is 0 Å². The summed E-state index contributed by atoms with van der Waals surface area (Å²) in [4.78, 5) is 5.77. The molecule has 0 unspecified atom stereocenters. The molecule has 0 aliphatic heterocycles. The molecule has 0 spiro atoms. The minimum atomic E-state index is 0.597. The first-order chi connectivity index (χ1) is 10.7. The van der Waals surface area contributed by atoms with E-state index in [0.717, 1.165) is 17.0 Å². The van der Waals surface area contributed by atoms with E-state index < -0.39 is 0 Å². The largest absolute Gasteiger partial charge is 0.380 e. The van der Waals surface area contributed by atoms with Gasteiger partial charge in [0.25, 0.3) is 0 Å². The number of ether oxygens (including phenoxy) is 1. The highest BCUT2D eigenvalue weighted by Gasteiger charge is 2.11. The van der Waals surface area contributed by atoms with Crippen LogP contribution in [0.4, 0.5) is 5.95 Å². The van der Waals surface area contributed by atoms with Crippen LogP contribution in [0.1, 0.15) is 16.0 Å². The lowest BCUT2D eigenvalue weighted by Crippen LogP contribution is -2.03. The number of aromatic nitrogens is 2. The van der Waals surface area contributed by atoms with Crippen molar-refractivity contribution in [1.82, 2.24) is 9.55 Å². The summed E-state index contributed by atoms with van der Waals surface area (Å²) in [5.41, 5.74) is 3.47. The molecule has 112 valence electrons. The highest BCUT2D eigenvalue weighted by Crippen LogP contribution is 2.22. The van der Waals surface area contributed by atoms with Gasteiger partial charge in [0.1, 0.15) is 11.6 Å². The predicted molar refractivity (Wildman–Crippen MR) is 87.8 cm³/mol. The lowest BCUT2D eigenvalue weighted by Gasteiger charge is -2.04. The Labute approximate surface area is 132 Å². The quantitative estimate of drug-likeness (QED) is 0.785. The van der Waals surface area contributed by atoms with Crippen molar-refractivity contribution in [3.05, 3.63) is 45.6 Å². The van der Waals surface area contributed by atoms with Gasteiger partial charge < -0.3 is 14.6 Å². The van der Waals surface area contributed by atoms with Crippen molar-refractivity contribution >= 4 is 28.3 Å². The van der Waals surface area contributed by atoms with E-state index in [1.54, 1.807) is 24.5 Å². The summed E-state index contributed by atoms with van der Waals surface area (Å²) in [6.07, 6.45) is 0. The van der Waals surface area contributed by atoms with Crippen LogP contribution in [0.3, 0.4) is 0 Å². The number of hydrogen-bond acceptors (Lipinski definition) is 5. The maximum atomic E-state index is 9.17. The SMILES string of the molecule is COCc1csc(CNc2nc3c(C#N)cccc3n2C)c1. The third kappa shape index (κ3) is 2.69. The van der Waals surface area contributed by atoms with Gasteiger partial charge in [-0.05, 0) is 29.1 Å². The molecule has 3 rings (SSSR count). The summed E-state index contributed by atoms with van der Waals surface area (Å²) in [5, 5.41) is 14.6. The van der Waals surface area contributed by atoms with E-state index >= 15 is 0 Å². The van der Waals surface area contributed by atoms with Gasteiger partial charge in [-0.15, -0.1) is 11.3 Å². The van der Waals surface area contributed by atoms with E-state index in [4.69, 9.17) is 10.00 Å². The van der Waals surface area contributed by atoms with Crippen LogP contribution >= 0.6 is 11.3 Å². The van der Waals surface area contributed by atoms with Crippen molar-refractivity contribution in [1.29, 1.82) is 5.26 Å². The van der Waals surface area contributed by atoms with Gasteiger partial charge in [-0.2, -0.15) is 5.26 Å². The molecule has 5 nitrogen and oxygen atoms in total. The number of nitrogens with one attached hydrogen (secondary N) is 1. The van der Waals surface area contributed by atoms with Gasteiger partial charge in [0, 0.05) is 19.0 Å². The summed E-state index contributed by atoms with van der Waals surface area (Å²) in [5.74, 6) is 0.763.